The Bertz CT molecular complexity index is 657. The summed E-state index contributed by atoms with van der Waals surface area (Å²) in [5.41, 5.74) is 6.21. The second-order valence-electron chi connectivity index (χ2n) is 4.10. The number of benzene rings is 1. The SMILES string of the molecule is COc1c(NCc2ccc(CN)cc2F)nc[nH]c1=O. The first-order valence-corrected chi connectivity index (χ1v) is 5.98. The van der Waals surface area contributed by atoms with Crippen LogP contribution in [0.25, 0.3) is 0 Å². The van der Waals surface area contributed by atoms with E-state index in [2.05, 4.69) is 15.3 Å². The quantitative estimate of drug-likeness (QED) is 0.758. The van der Waals surface area contributed by atoms with Gasteiger partial charge in [-0.3, -0.25) is 4.79 Å². The molecule has 0 aliphatic carbocycles. The fourth-order valence-electron chi connectivity index (χ4n) is 1.74. The maximum absolute atomic E-state index is 13.8. The van der Waals surface area contributed by atoms with Crippen LogP contribution in [0.5, 0.6) is 5.75 Å². The van der Waals surface area contributed by atoms with E-state index < -0.39 is 5.56 Å². The molecule has 0 saturated heterocycles. The van der Waals surface area contributed by atoms with Crippen LogP contribution in [-0.4, -0.2) is 17.1 Å². The van der Waals surface area contributed by atoms with E-state index in [0.29, 0.717) is 5.56 Å². The first-order chi connectivity index (χ1) is 9.65. The molecule has 0 radical (unpaired) electrons. The summed E-state index contributed by atoms with van der Waals surface area (Å²) < 4.78 is 18.7. The highest BCUT2D eigenvalue weighted by Gasteiger charge is 2.09. The normalized spacial score (nSPS) is 10.3. The molecule has 0 unspecified atom stereocenters. The standard InChI is InChI=1S/C13H15FN4O2/c1-20-11-12(17-7-18-13(11)19)16-6-9-3-2-8(5-15)4-10(9)14/h2-4,7H,5-6,15H2,1H3,(H2,16,17,18,19). The molecule has 0 atom stereocenters. The maximum Gasteiger partial charge on any atom is 0.295 e. The van der Waals surface area contributed by atoms with Gasteiger partial charge in [0.1, 0.15) is 5.82 Å². The third-order valence-corrected chi connectivity index (χ3v) is 2.81. The van der Waals surface area contributed by atoms with E-state index in [4.69, 9.17) is 10.5 Å². The molecule has 0 amide bonds. The molecule has 7 heteroatoms. The van der Waals surface area contributed by atoms with Crippen molar-refractivity contribution in [3.05, 3.63) is 51.8 Å². The monoisotopic (exact) mass is 278 g/mol. The van der Waals surface area contributed by atoms with Gasteiger partial charge >= 0.3 is 0 Å². The van der Waals surface area contributed by atoms with Gasteiger partial charge in [-0.2, -0.15) is 0 Å². The van der Waals surface area contributed by atoms with Gasteiger partial charge in [0.05, 0.1) is 13.4 Å². The lowest BCUT2D eigenvalue weighted by molar-refractivity contribution is 0.408. The summed E-state index contributed by atoms with van der Waals surface area (Å²) in [4.78, 5) is 17.8. The van der Waals surface area contributed by atoms with Crippen LogP contribution in [0, 0.1) is 5.82 Å². The van der Waals surface area contributed by atoms with Gasteiger partial charge in [-0.25, -0.2) is 9.37 Å². The van der Waals surface area contributed by atoms with E-state index in [-0.39, 0.29) is 30.5 Å². The van der Waals surface area contributed by atoms with E-state index in [1.54, 1.807) is 12.1 Å². The molecule has 1 heterocycles. The van der Waals surface area contributed by atoms with Gasteiger partial charge in [-0.15, -0.1) is 0 Å². The Labute approximate surface area is 114 Å². The molecule has 20 heavy (non-hydrogen) atoms. The minimum absolute atomic E-state index is 0.0616. The number of rotatable bonds is 5. The molecule has 0 bridgehead atoms. The predicted molar refractivity (Wildman–Crippen MR) is 73.0 cm³/mol. The molecule has 0 aliphatic heterocycles. The van der Waals surface area contributed by atoms with Gasteiger partial charge < -0.3 is 20.8 Å². The van der Waals surface area contributed by atoms with Gasteiger partial charge in [0.25, 0.3) is 5.56 Å². The van der Waals surface area contributed by atoms with Crippen LogP contribution >= 0.6 is 0 Å². The number of nitrogens with one attached hydrogen (secondary N) is 2. The summed E-state index contributed by atoms with van der Waals surface area (Å²) in [6.45, 7) is 0.470. The first-order valence-electron chi connectivity index (χ1n) is 5.98. The number of ether oxygens (including phenoxy) is 1. The lowest BCUT2D eigenvalue weighted by atomic mass is 10.1. The minimum Gasteiger partial charge on any atom is -0.489 e. The largest absolute Gasteiger partial charge is 0.489 e. The molecule has 0 fully saturated rings. The van der Waals surface area contributed by atoms with Gasteiger partial charge in [0.15, 0.2) is 5.82 Å². The van der Waals surface area contributed by atoms with Crippen molar-refractivity contribution in [2.75, 3.05) is 12.4 Å². The number of anilines is 1. The molecule has 0 aliphatic rings. The Kier molecular flexibility index (Phi) is 4.31. The van der Waals surface area contributed by atoms with E-state index >= 15 is 0 Å². The van der Waals surface area contributed by atoms with Gasteiger partial charge in [-0.05, 0) is 11.6 Å². The van der Waals surface area contributed by atoms with E-state index in [0.717, 1.165) is 5.56 Å². The number of nitrogens with two attached hydrogens (primary N) is 1. The summed E-state index contributed by atoms with van der Waals surface area (Å²) in [6, 6.07) is 4.78. The Hall–Kier alpha value is -2.41. The molecule has 6 nitrogen and oxygen atoms in total. The van der Waals surface area contributed by atoms with Crippen LogP contribution in [0.1, 0.15) is 11.1 Å². The number of halogens is 1. The molecule has 0 spiro atoms. The average Bonchev–Trinajstić information content (AvgIpc) is 2.46. The Morgan fingerprint density at radius 1 is 1.50 bits per heavy atom. The lowest BCUT2D eigenvalue weighted by Crippen LogP contribution is -2.14. The lowest BCUT2D eigenvalue weighted by Gasteiger charge is -2.10. The van der Waals surface area contributed by atoms with Crippen molar-refractivity contribution < 1.29 is 9.13 Å². The molecule has 1 aromatic carbocycles. The number of methoxy groups -OCH3 is 1. The van der Waals surface area contributed by atoms with Crippen LogP contribution in [0.4, 0.5) is 10.2 Å². The molecular formula is C13H15FN4O2. The number of aromatic amines is 1. The average molecular weight is 278 g/mol. The highest BCUT2D eigenvalue weighted by molar-refractivity contribution is 5.48. The zero-order valence-electron chi connectivity index (χ0n) is 10.9. The van der Waals surface area contributed by atoms with E-state index in [1.807, 2.05) is 0 Å². The fourth-order valence-corrected chi connectivity index (χ4v) is 1.74. The minimum atomic E-state index is -0.399. The summed E-state index contributed by atoms with van der Waals surface area (Å²) in [5.74, 6) is -0.0331. The molecule has 2 aromatic rings. The van der Waals surface area contributed by atoms with Gasteiger partial charge in [-0.1, -0.05) is 12.1 Å². The van der Waals surface area contributed by atoms with Crippen molar-refractivity contribution in [3.8, 4) is 5.75 Å². The Morgan fingerprint density at radius 2 is 2.30 bits per heavy atom. The molecule has 4 N–H and O–H groups in total. The second-order valence-corrected chi connectivity index (χ2v) is 4.10. The number of nitrogens with zero attached hydrogens (tertiary/aromatic N) is 1. The van der Waals surface area contributed by atoms with E-state index in [9.17, 15) is 9.18 Å². The number of H-pyrrole nitrogens is 1. The summed E-state index contributed by atoms with van der Waals surface area (Å²) in [6.07, 6.45) is 1.25. The van der Waals surface area contributed by atoms with Crippen molar-refractivity contribution in [2.45, 2.75) is 13.1 Å². The molecule has 1 aromatic heterocycles. The summed E-state index contributed by atoms with van der Waals surface area (Å²) >= 11 is 0. The summed E-state index contributed by atoms with van der Waals surface area (Å²) in [5, 5.41) is 2.87. The van der Waals surface area contributed by atoms with Crippen molar-refractivity contribution in [1.29, 1.82) is 0 Å². The molecular weight excluding hydrogens is 263 g/mol. The highest BCUT2D eigenvalue weighted by Crippen LogP contribution is 2.17. The number of aromatic nitrogens is 2. The highest BCUT2D eigenvalue weighted by atomic mass is 19.1. The zero-order chi connectivity index (χ0) is 14.5. The molecule has 106 valence electrons. The van der Waals surface area contributed by atoms with E-state index in [1.165, 1.54) is 19.5 Å². The number of hydrogen-bond acceptors (Lipinski definition) is 5. The van der Waals surface area contributed by atoms with Crippen molar-refractivity contribution in [1.82, 2.24) is 9.97 Å². The van der Waals surface area contributed by atoms with Crippen LogP contribution in [0.15, 0.2) is 29.3 Å². The first kappa shape index (κ1) is 14.0. The van der Waals surface area contributed by atoms with Gasteiger partial charge in [0.2, 0.25) is 5.75 Å². The second kappa shape index (κ2) is 6.16. The smallest absolute Gasteiger partial charge is 0.295 e. The molecule has 2 rings (SSSR count). The van der Waals surface area contributed by atoms with Gasteiger partial charge in [0, 0.05) is 18.7 Å². The number of hydrogen-bond donors (Lipinski definition) is 3. The topological polar surface area (TPSA) is 93.0 Å². The van der Waals surface area contributed by atoms with Crippen LogP contribution in [-0.2, 0) is 13.1 Å². The predicted octanol–water partition coefficient (Wildman–Crippen LogP) is 0.988. The van der Waals surface area contributed by atoms with Crippen molar-refractivity contribution in [3.63, 3.8) is 0 Å². The third-order valence-electron chi connectivity index (χ3n) is 2.81. The Balaban J connectivity index is 2.17. The fraction of sp³-hybridized carbons (Fsp3) is 0.231. The zero-order valence-corrected chi connectivity index (χ0v) is 10.9. The molecule has 0 saturated carbocycles. The van der Waals surface area contributed by atoms with Crippen LogP contribution in [0.2, 0.25) is 0 Å². The third kappa shape index (κ3) is 2.94. The van der Waals surface area contributed by atoms with Crippen LogP contribution < -0.4 is 21.3 Å². The maximum atomic E-state index is 13.8. The van der Waals surface area contributed by atoms with Crippen molar-refractivity contribution >= 4 is 5.82 Å². The van der Waals surface area contributed by atoms with Crippen LogP contribution in [0.3, 0.4) is 0 Å². The summed E-state index contributed by atoms with van der Waals surface area (Å²) in [7, 11) is 1.37. The van der Waals surface area contributed by atoms with Crippen molar-refractivity contribution in [2.24, 2.45) is 5.73 Å². The Morgan fingerprint density at radius 3 is 2.95 bits per heavy atom.